The molecule has 1 aliphatic carbocycles. The molecule has 0 atom stereocenters. The number of thioether (sulfide) groups is 1. The van der Waals surface area contributed by atoms with Crippen LogP contribution in [0.3, 0.4) is 0 Å². The van der Waals surface area contributed by atoms with Crippen molar-refractivity contribution in [2.45, 2.75) is 41.7 Å². The predicted octanol–water partition coefficient (Wildman–Crippen LogP) is 4.45. The summed E-state index contributed by atoms with van der Waals surface area (Å²) < 4.78 is 28.2. The average Bonchev–Trinajstić information content (AvgIpc) is 2.49. The van der Waals surface area contributed by atoms with Crippen LogP contribution >= 0.6 is 39.3 Å². The van der Waals surface area contributed by atoms with E-state index < -0.39 is 10.0 Å². The maximum atomic E-state index is 12.4. The molecule has 3 nitrogen and oxygen atoms in total. The van der Waals surface area contributed by atoms with Gasteiger partial charge < -0.3 is 0 Å². The highest BCUT2D eigenvalue weighted by Crippen LogP contribution is 2.38. The predicted molar refractivity (Wildman–Crippen MR) is 93.7 cm³/mol. The fourth-order valence-electron chi connectivity index (χ4n) is 2.60. The molecule has 1 fully saturated rings. The number of sulfonamides is 1. The topological polar surface area (TPSA) is 46.2 Å². The van der Waals surface area contributed by atoms with Crippen LogP contribution in [0.2, 0.25) is 5.02 Å². The van der Waals surface area contributed by atoms with Gasteiger partial charge in [0.25, 0.3) is 0 Å². The van der Waals surface area contributed by atoms with E-state index in [9.17, 15) is 8.42 Å². The zero-order chi connectivity index (χ0) is 15.5. The molecule has 0 saturated heterocycles. The number of halogens is 2. The fraction of sp³-hybridized carbons (Fsp3) is 0.571. The summed E-state index contributed by atoms with van der Waals surface area (Å²) in [5.41, 5.74) is 0. The first kappa shape index (κ1) is 17.6. The molecule has 1 aromatic rings. The maximum Gasteiger partial charge on any atom is 0.240 e. The number of hydrogen-bond donors (Lipinski definition) is 1. The molecule has 0 unspecified atom stereocenters. The van der Waals surface area contributed by atoms with Crippen LogP contribution in [0, 0.1) is 0 Å². The molecule has 1 aliphatic rings. The summed E-state index contributed by atoms with van der Waals surface area (Å²) in [6.07, 6.45) is 7.81. The Bertz CT molecular complexity index is 601. The zero-order valence-electron chi connectivity index (χ0n) is 11.9. The van der Waals surface area contributed by atoms with E-state index in [1.807, 2.05) is 0 Å². The van der Waals surface area contributed by atoms with E-state index in [1.54, 1.807) is 17.8 Å². The highest BCUT2D eigenvalue weighted by atomic mass is 79.9. The van der Waals surface area contributed by atoms with Gasteiger partial charge in [-0.15, -0.1) is 0 Å². The summed E-state index contributed by atoms with van der Waals surface area (Å²) in [4.78, 5) is 0.242. The van der Waals surface area contributed by atoms with Gasteiger partial charge in [-0.2, -0.15) is 11.8 Å². The molecule has 0 bridgehead atoms. The van der Waals surface area contributed by atoms with Crippen molar-refractivity contribution >= 4 is 49.3 Å². The highest BCUT2D eigenvalue weighted by molar-refractivity contribution is 9.10. The summed E-state index contributed by atoms with van der Waals surface area (Å²) >= 11 is 10.9. The average molecular weight is 413 g/mol. The molecular weight excluding hydrogens is 394 g/mol. The molecule has 0 radical (unpaired) electrons. The van der Waals surface area contributed by atoms with E-state index in [0.29, 0.717) is 16.0 Å². The molecule has 118 valence electrons. The van der Waals surface area contributed by atoms with Crippen molar-refractivity contribution in [2.75, 3.05) is 12.8 Å². The first-order chi connectivity index (χ1) is 9.88. The van der Waals surface area contributed by atoms with E-state index in [1.165, 1.54) is 31.4 Å². The van der Waals surface area contributed by atoms with E-state index in [0.717, 1.165) is 12.8 Å². The Morgan fingerprint density at radius 1 is 1.33 bits per heavy atom. The largest absolute Gasteiger partial charge is 0.240 e. The fourth-order valence-corrected chi connectivity index (χ4v) is 5.41. The molecule has 1 N–H and O–H groups in total. The van der Waals surface area contributed by atoms with Gasteiger partial charge >= 0.3 is 0 Å². The van der Waals surface area contributed by atoms with Crippen LogP contribution in [-0.2, 0) is 10.0 Å². The second-order valence-electron chi connectivity index (χ2n) is 5.35. The Morgan fingerprint density at radius 2 is 2.00 bits per heavy atom. The first-order valence-electron chi connectivity index (χ1n) is 6.88. The van der Waals surface area contributed by atoms with Crippen LogP contribution in [-0.4, -0.2) is 26.0 Å². The van der Waals surface area contributed by atoms with Crippen LogP contribution in [0.25, 0.3) is 0 Å². The summed E-state index contributed by atoms with van der Waals surface area (Å²) in [7, 11) is -3.50. The van der Waals surface area contributed by atoms with Crippen LogP contribution in [0.1, 0.15) is 32.1 Å². The third-order valence-electron chi connectivity index (χ3n) is 3.98. The van der Waals surface area contributed by atoms with Gasteiger partial charge in [0.05, 0.1) is 9.92 Å². The quantitative estimate of drug-likeness (QED) is 0.777. The Hall–Kier alpha value is 0.250. The standard InChI is InChI=1S/C14H19BrClNO2S2/c1-20-14(7-3-2-4-8-14)10-17-21(18,19)11-5-6-13(16)12(15)9-11/h5-6,9,17H,2-4,7-8,10H2,1H3. The van der Waals surface area contributed by atoms with Gasteiger partial charge in [0.1, 0.15) is 0 Å². The third kappa shape index (κ3) is 4.38. The second-order valence-corrected chi connectivity index (χ2v) is 9.65. The van der Waals surface area contributed by atoms with Crippen molar-refractivity contribution in [3.63, 3.8) is 0 Å². The Morgan fingerprint density at radius 3 is 2.57 bits per heavy atom. The van der Waals surface area contributed by atoms with Crippen molar-refractivity contribution in [3.8, 4) is 0 Å². The Kier molecular flexibility index (Phi) is 6.05. The van der Waals surface area contributed by atoms with Crippen molar-refractivity contribution in [3.05, 3.63) is 27.7 Å². The monoisotopic (exact) mass is 411 g/mol. The molecule has 0 amide bonds. The molecule has 1 aromatic carbocycles. The van der Waals surface area contributed by atoms with E-state index in [2.05, 4.69) is 26.9 Å². The lowest BCUT2D eigenvalue weighted by Gasteiger charge is -2.35. The number of rotatable bonds is 5. The van der Waals surface area contributed by atoms with Gasteiger partial charge in [0, 0.05) is 15.8 Å². The van der Waals surface area contributed by atoms with Gasteiger partial charge in [0.15, 0.2) is 0 Å². The van der Waals surface area contributed by atoms with E-state index in [4.69, 9.17) is 11.6 Å². The van der Waals surface area contributed by atoms with Gasteiger partial charge in [-0.3, -0.25) is 0 Å². The van der Waals surface area contributed by atoms with Crippen LogP contribution in [0.5, 0.6) is 0 Å². The highest BCUT2D eigenvalue weighted by Gasteiger charge is 2.32. The van der Waals surface area contributed by atoms with Crippen LogP contribution < -0.4 is 4.72 Å². The van der Waals surface area contributed by atoms with Crippen molar-refractivity contribution in [2.24, 2.45) is 0 Å². The smallest absolute Gasteiger partial charge is 0.210 e. The minimum Gasteiger partial charge on any atom is -0.210 e. The molecule has 21 heavy (non-hydrogen) atoms. The summed E-state index contributed by atoms with van der Waals surface area (Å²) in [5.74, 6) is 0. The lowest BCUT2D eigenvalue weighted by molar-refractivity contribution is 0.395. The summed E-state index contributed by atoms with van der Waals surface area (Å²) in [5, 5.41) is 0.502. The van der Waals surface area contributed by atoms with E-state index >= 15 is 0 Å². The molecule has 7 heteroatoms. The SMILES string of the molecule is CSC1(CNS(=O)(=O)c2ccc(Cl)c(Br)c2)CCCCC1. The molecule has 1 saturated carbocycles. The van der Waals surface area contributed by atoms with Crippen molar-refractivity contribution < 1.29 is 8.42 Å². The minimum atomic E-state index is -3.50. The number of nitrogens with one attached hydrogen (secondary N) is 1. The minimum absolute atomic E-state index is 0.0367. The lowest BCUT2D eigenvalue weighted by Crippen LogP contribution is -2.41. The van der Waals surface area contributed by atoms with Gasteiger partial charge in [-0.05, 0) is 53.2 Å². The lowest BCUT2D eigenvalue weighted by atomic mass is 9.88. The second kappa shape index (κ2) is 7.21. The first-order valence-corrected chi connectivity index (χ1v) is 10.8. The molecule has 0 heterocycles. The summed E-state index contributed by atoms with van der Waals surface area (Å²) in [6, 6.07) is 4.66. The molecule has 2 rings (SSSR count). The van der Waals surface area contributed by atoms with Crippen LogP contribution in [0.4, 0.5) is 0 Å². The third-order valence-corrected chi connectivity index (χ3v) is 8.01. The van der Waals surface area contributed by atoms with E-state index in [-0.39, 0.29) is 9.64 Å². The summed E-state index contributed by atoms with van der Waals surface area (Å²) in [6.45, 7) is 0.483. The normalized spacial score (nSPS) is 18.6. The molecule has 0 spiro atoms. The van der Waals surface area contributed by atoms with Crippen molar-refractivity contribution in [1.82, 2.24) is 4.72 Å². The maximum absolute atomic E-state index is 12.4. The molecule has 0 aliphatic heterocycles. The van der Waals surface area contributed by atoms with Gasteiger partial charge in [-0.1, -0.05) is 30.9 Å². The van der Waals surface area contributed by atoms with Crippen LogP contribution in [0.15, 0.2) is 27.6 Å². The number of hydrogen-bond acceptors (Lipinski definition) is 3. The molecular formula is C14H19BrClNO2S2. The zero-order valence-corrected chi connectivity index (χ0v) is 15.8. The molecule has 0 aromatic heterocycles. The van der Waals surface area contributed by atoms with Gasteiger partial charge in [-0.25, -0.2) is 13.1 Å². The number of benzene rings is 1. The Labute approximate surface area is 144 Å². The Balaban J connectivity index is 2.11. The van der Waals surface area contributed by atoms with Gasteiger partial charge in [0.2, 0.25) is 10.0 Å². The van der Waals surface area contributed by atoms with Crippen molar-refractivity contribution in [1.29, 1.82) is 0 Å².